The number of hydrogen-bond acceptors (Lipinski definition) is 3. The number of rotatable bonds is 4. The lowest BCUT2D eigenvalue weighted by atomic mass is 10.3. The summed E-state index contributed by atoms with van der Waals surface area (Å²) in [6, 6.07) is 7.27. The van der Waals surface area contributed by atoms with Crippen molar-refractivity contribution in [3.63, 3.8) is 0 Å². The number of anilines is 2. The molecule has 0 atom stereocenters. The van der Waals surface area contributed by atoms with Crippen LogP contribution in [0.3, 0.4) is 0 Å². The van der Waals surface area contributed by atoms with Crippen molar-refractivity contribution >= 4 is 28.9 Å². The molecule has 1 amide bonds. The number of hydrogen-bond donors (Lipinski definition) is 2. The van der Waals surface area contributed by atoms with Crippen molar-refractivity contribution in [2.24, 2.45) is 0 Å². The summed E-state index contributed by atoms with van der Waals surface area (Å²) in [4.78, 5) is 11.7. The van der Waals surface area contributed by atoms with Gasteiger partial charge in [-0.2, -0.15) is 0 Å². The highest BCUT2D eigenvalue weighted by atomic mass is 35.5. The number of nitrogens with two attached hydrogens (primary N) is 1. The van der Waals surface area contributed by atoms with Crippen LogP contribution in [0.25, 0.3) is 0 Å². The fraction of sp³-hybridized carbons (Fsp3) is 0.0714. The van der Waals surface area contributed by atoms with E-state index in [1.165, 1.54) is 12.1 Å². The van der Waals surface area contributed by atoms with Gasteiger partial charge in [-0.25, -0.2) is 8.78 Å². The molecule has 0 saturated carbocycles. The van der Waals surface area contributed by atoms with Crippen LogP contribution < -0.4 is 15.8 Å². The molecule has 0 aliphatic carbocycles. The van der Waals surface area contributed by atoms with E-state index in [0.29, 0.717) is 22.5 Å². The van der Waals surface area contributed by atoms with Gasteiger partial charge < -0.3 is 15.8 Å². The van der Waals surface area contributed by atoms with Crippen LogP contribution >= 0.6 is 11.6 Å². The minimum Gasteiger partial charge on any atom is -0.484 e. The third kappa shape index (κ3) is 4.32. The Bertz CT molecular complexity index is 660. The average molecular weight is 313 g/mol. The fourth-order valence-electron chi connectivity index (χ4n) is 1.58. The summed E-state index contributed by atoms with van der Waals surface area (Å²) in [5.41, 5.74) is 6.36. The zero-order chi connectivity index (χ0) is 15.4. The van der Waals surface area contributed by atoms with Crippen molar-refractivity contribution < 1.29 is 18.3 Å². The van der Waals surface area contributed by atoms with E-state index >= 15 is 0 Å². The van der Waals surface area contributed by atoms with E-state index in [4.69, 9.17) is 22.1 Å². The molecule has 0 bridgehead atoms. The molecule has 0 heterocycles. The Balaban J connectivity index is 1.94. The van der Waals surface area contributed by atoms with Crippen molar-refractivity contribution in [1.82, 2.24) is 0 Å². The minimum atomic E-state index is -0.782. The molecule has 0 aliphatic rings. The maximum Gasteiger partial charge on any atom is 0.262 e. The standard InChI is InChI=1S/C14H11ClF2N2O2/c15-12-2-1-10(6-13(12)18)19-14(20)7-21-11-4-8(16)3-9(17)5-11/h1-6H,7,18H2,(H,19,20). The first kappa shape index (κ1) is 15.1. The van der Waals surface area contributed by atoms with Crippen LogP contribution in [0.1, 0.15) is 0 Å². The van der Waals surface area contributed by atoms with E-state index in [2.05, 4.69) is 5.32 Å². The molecule has 3 N–H and O–H groups in total. The van der Waals surface area contributed by atoms with Crippen molar-refractivity contribution in [3.8, 4) is 5.75 Å². The van der Waals surface area contributed by atoms with Crippen molar-refractivity contribution in [2.45, 2.75) is 0 Å². The summed E-state index contributed by atoms with van der Waals surface area (Å²) in [6.07, 6.45) is 0. The Morgan fingerprint density at radius 3 is 2.48 bits per heavy atom. The Labute approximate surface area is 124 Å². The van der Waals surface area contributed by atoms with E-state index in [1.807, 2.05) is 0 Å². The van der Waals surface area contributed by atoms with Crippen LogP contribution in [0, 0.1) is 11.6 Å². The molecule has 21 heavy (non-hydrogen) atoms. The lowest BCUT2D eigenvalue weighted by Gasteiger charge is -2.08. The van der Waals surface area contributed by atoms with Gasteiger partial charge in [-0.3, -0.25) is 4.79 Å². The predicted octanol–water partition coefficient (Wildman–Crippen LogP) is 3.22. The van der Waals surface area contributed by atoms with Gasteiger partial charge in [0.2, 0.25) is 0 Å². The predicted molar refractivity (Wildman–Crippen MR) is 76.3 cm³/mol. The number of halogens is 3. The summed E-state index contributed by atoms with van der Waals surface area (Å²) in [5.74, 6) is -2.13. The third-order valence-corrected chi connectivity index (χ3v) is 2.83. The normalized spacial score (nSPS) is 10.2. The second kappa shape index (κ2) is 6.41. The van der Waals surface area contributed by atoms with Gasteiger partial charge >= 0.3 is 0 Å². The summed E-state index contributed by atoms with van der Waals surface area (Å²) in [7, 11) is 0. The quantitative estimate of drug-likeness (QED) is 0.852. The van der Waals surface area contributed by atoms with Crippen LogP contribution in [0.4, 0.5) is 20.2 Å². The molecule has 110 valence electrons. The maximum absolute atomic E-state index is 12.9. The first-order valence-corrected chi connectivity index (χ1v) is 6.25. The van der Waals surface area contributed by atoms with Crippen molar-refractivity contribution in [2.75, 3.05) is 17.7 Å². The highest BCUT2D eigenvalue weighted by Crippen LogP contribution is 2.22. The molecule has 0 radical (unpaired) electrons. The van der Waals surface area contributed by atoms with Gasteiger partial charge in [0.1, 0.15) is 17.4 Å². The van der Waals surface area contributed by atoms with Crippen LogP contribution in [-0.2, 0) is 4.79 Å². The van der Waals surface area contributed by atoms with E-state index in [1.54, 1.807) is 6.07 Å². The molecule has 0 aromatic heterocycles. The lowest BCUT2D eigenvalue weighted by molar-refractivity contribution is -0.118. The highest BCUT2D eigenvalue weighted by molar-refractivity contribution is 6.33. The Morgan fingerprint density at radius 2 is 1.86 bits per heavy atom. The number of nitrogens with one attached hydrogen (secondary N) is 1. The Hall–Kier alpha value is -2.34. The van der Waals surface area contributed by atoms with E-state index in [0.717, 1.165) is 12.1 Å². The molecular formula is C14H11ClF2N2O2. The van der Waals surface area contributed by atoms with Crippen LogP contribution in [-0.4, -0.2) is 12.5 Å². The summed E-state index contributed by atoms with van der Waals surface area (Å²) in [5, 5.41) is 2.89. The average Bonchev–Trinajstić information content (AvgIpc) is 2.40. The Kier molecular flexibility index (Phi) is 4.59. The molecule has 4 nitrogen and oxygen atoms in total. The molecule has 0 aliphatic heterocycles. The van der Waals surface area contributed by atoms with Crippen LogP contribution in [0.15, 0.2) is 36.4 Å². The van der Waals surface area contributed by atoms with Crippen molar-refractivity contribution in [3.05, 3.63) is 53.1 Å². The fourth-order valence-corrected chi connectivity index (χ4v) is 1.70. The monoisotopic (exact) mass is 312 g/mol. The molecule has 0 saturated heterocycles. The number of ether oxygens (including phenoxy) is 1. The smallest absolute Gasteiger partial charge is 0.262 e. The summed E-state index contributed by atoms with van der Waals surface area (Å²) >= 11 is 5.75. The summed E-state index contributed by atoms with van der Waals surface area (Å²) in [6.45, 7) is -0.397. The Morgan fingerprint density at radius 1 is 1.19 bits per heavy atom. The largest absolute Gasteiger partial charge is 0.484 e. The minimum absolute atomic E-state index is 0.0710. The summed E-state index contributed by atoms with van der Waals surface area (Å²) < 4.78 is 30.9. The number of benzene rings is 2. The van der Waals surface area contributed by atoms with Gasteiger partial charge in [-0.15, -0.1) is 0 Å². The van der Waals surface area contributed by atoms with Crippen molar-refractivity contribution in [1.29, 1.82) is 0 Å². The first-order valence-electron chi connectivity index (χ1n) is 5.88. The zero-order valence-corrected chi connectivity index (χ0v) is 11.5. The molecule has 0 unspecified atom stereocenters. The first-order chi connectivity index (χ1) is 9.94. The second-order valence-corrected chi connectivity index (χ2v) is 4.59. The van der Waals surface area contributed by atoms with Gasteiger partial charge in [-0.1, -0.05) is 11.6 Å². The molecule has 2 aromatic carbocycles. The number of amides is 1. The van der Waals surface area contributed by atoms with Gasteiger partial charge in [0.05, 0.1) is 10.7 Å². The number of carbonyl (C=O) groups excluding carboxylic acids is 1. The lowest BCUT2D eigenvalue weighted by Crippen LogP contribution is -2.20. The topological polar surface area (TPSA) is 64.3 Å². The highest BCUT2D eigenvalue weighted by Gasteiger charge is 2.07. The number of carbonyl (C=O) groups is 1. The second-order valence-electron chi connectivity index (χ2n) is 4.18. The molecule has 7 heteroatoms. The molecule has 0 fully saturated rings. The van der Waals surface area contributed by atoms with Gasteiger partial charge in [-0.05, 0) is 18.2 Å². The van der Waals surface area contributed by atoms with Crippen LogP contribution in [0.5, 0.6) is 5.75 Å². The van der Waals surface area contributed by atoms with Gasteiger partial charge in [0, 0.05) is 23.9 Å². The number of nitrogen functional groups attached to an aromatic ring is 1. The molecule has 2 aromatic rings. The SMILES string of the molecule is Nc1cc(NC(=O)COc2cc(F)cc(F)c2)ccc1Cl. The van der Waals surface area contributed by atoms with Gasteiger partial charge in [0.15, 0.2) is 6.61 Å². The third-order valence-electron chi connectivity index (χ3n) is 2.49. The molecule has 0 spiro atoms. The maximum atomic E-state index is 12.9. The molecular weight excluding hydrogens is 302 g/mol. The van der Waals surface area contributed by atoms with Crippen LogP contribution in [0.2, 0.25) is 5.02 Å². The zero-order valence-electron chi connectivity index (χ0n) is 10.7. The molecule has 2 rings (SSSR count). The van der Waals surface area contributed by atoms with Gasteiger partial charge in [0.25, 0.3) is 5.91 Å². The van der Waals surface area contributed by atoms with E-state index in [-0.39, 0.29) is 5.75 Å². The van der Waals surface area contributed by atoms with E-state index in [9.17, 15) is 13.6 Å². The van der Waals surface area contributed by atoms with E-state index < -0.39 is 24.1 Å².